The van der Waals surface area contributed by atoms with Gasteiger partial charge in [0.15, 0.2) is 0 Å². The number of hydrogen-bond donors (Lipinski definition) is 1. The van der Waals surface area contributed by atoms with Crippen molar-refractivity contribution >= 4 is 0 Å². The average molecular weight is 234 g/mol. The van der Waals surface area contributed by atoms with E-state index in [1.54, 1.807) is 0 Å². The Morgan fingerprint density at radius 1 is 0.938 bits per heavy atom. The van der Waals surface area contributed by atoms with Crippen molar-refractivity contribution in [1.29, 1.82) is 0 Å². The lowest BCUT2D eigenvalue weighted by atomic mass is 10.2. The van der Waals surface area contributed by atoms with Crippen molar-refractivity contribution in [1.82, 2.24) is 9.80 Å². The number of halogens is 1. The van der Waals surface area contributed by atoms with Gasteiger partial charge in [-0.3, -0.25) is 4.90 Å². The maximum absolute atomic E-state index is 11.5. The van der Waals surface area contributed by atoms with Crippen LogP contribution in [0.15, 0.2) is 0 Å². The molecule has 4 nitrogen and oxygen atoms in total. The first-order valence-electron chi connectivity index (χ1n) is 6.16. The van der Waals surface area contributed by atoms with Crippen LogP contribution in [0, 0.1) is 0 Å². The molecule has 0 spiro atoms. The Hall–Kier alpha value is -0.230. The summed E-state index contributed by atoms with van der Waals surface area (Å²) in [6, 6.07) is 0. The summed E-state index contributed by atoms with van der Waals surface area (Å²) in [5, 5.41) is 8.66. The molecule has 0 aromatic heterocycles. The quantitative estimate of drug-likeness (QED) is 0.626. The van der Waals surface area contributed by atoms with Crippen molar-refractivity contribution < 1.29 is 14.6 Å². The number of hydrogen-bond acceptors (Lipinski definition) is 4. The van der Waals surface area contributed by atoms with Crippen LogP contribution in [0.5, 0.6) is 0 Å². The van der Waals surface area contributed by atoms with Gasteiger partial charge in [-0.05, 0) is 30.3 Å². The van der Waals surface area contributed by atoms with Gasteiger partial charge in [-0.25, -0.2) is 0 Å². The van der Waals surface area contributed by atoms with Crippen LogP contribution in [0.25, 0.3) is 0 Å². The van der Waals surface area contributed by atoms with E-state index in [9.17, 15) is 4.53 Å². The Balaban J connectivity index is 1.98. The van der Waals surface area contributed by atoms with Crippen LogP contribution in [0.2, 0.25) is 0 Å². The first-order chi connectivity index (χ1) is 7.86. The summed E-state index contributed by atoms with van der Waals surface area (Å²) in [6.45, 7) is 6.42. The third-order valence-corrected chi connectivity index (χ3v) is 3.08. The summed E-state index contributed by atoms with van der Waals surface area (Å²) in [7, 11) is 0. The molecule has 0 aromatic rings. The Labute approximate surface area is 96.9 Å². The van der Waals surface area contributed by atoms with Gasteiger partial charge < -0.3 is 10.0 Å². The molecule has 1 rings (SSSR count). The zero-order valence-corrected chi connectivity index (χ0v) is 9.91. The highest BCUT2D eigenvalue weighted by Gasteiger charge is 2.15. The van der Waals surface area contributed by atoms with Gasteiger partial charge in [0.1, 0.15) is 6.61 Å². The van der Waals surface area contributed by atoms with Gasteiger partial charge in [0, 0.05) is 39.3 Å². The van der Waals surface area contributed by atoms with Gasteiger partial charge in [0.2, 0.25) is 0 Å². The van der Waals surface area contributed by atoms with E-state index in [-0.39, 0.29) is 6.61 Å². The topological polar surface area (TPSA) is 35.9 Å². The second-order valence-electron chi connectivity index (χ2n) is 4.28. The van der Waals surface area contributed by atoms with Crippen LogP contribution in [-0.2, 0) is 4.94 Å². The molecule has 0 bridgehead atoms. The maximum Gasteiger partial charge on any atom is 0.100 e. The molecule has 1 N–H and O–H groups in total. The van der Waals surface area contributed by atoms with E-state index in [2.05, 4.69) is 14.7 Å². The third kappa shape index (κ3) is 5.75. The van der Waals surface area contributed by atoms with E-state index in [4.69, 9.17) is 5.11 Å². The minimum absolute atomic E-state index is 0.177. The van der Waals surface area contributed by atoms with Crippen LogP contribution in [0.4, 0.5) is 4.53 Å². The van der Waals surface area contributed by atoms with Gasteiger partial charge in [-0.2, -0.15) is 4.94 Å². The van der Waals surface area contributed by atoms with Gasteiger partial charge in [0.25, 0.3) is 0 Å². The minimum Gasteiger partial charge on any atom is -0.396 e. The Kier molecular flexibility index (Phi) is 7.67. The van der Waals surface area contributed by atoms with Gasteiger partial charge in [-0.1, -0.05) is 0 Å². The predicted molar refractivity (Wildman–Crippen MR) is 60.9 cm³/mol. The number of rotatable bonds is 8. The molecular weight excluding hydrogens is 211 g/mol. The number of nitrogens with zero attached hydrogens (tertiary/aromatic N) is 2. The second-order valence-corrected chi connectivity index (χ2v) is 4.28. The Morgan fingerprint density at radius 2 is 1.56 bits per heavy atom. The molecule has 1 aliphatic rings. The van der Waals surface area contributed by atoms with Crippen LogP contribution in [-0.4, -0.2) is 67.4 Å². The standard InChI is InChI=1S/C11H23FN2O2/c12-16-11-9-14-7-5-13(6-8-14)4-2-1-3-10-15/h15H,1-11H2. The third-order valence-electron chi connectivity index (χ3n) is 3.08. The SMILES string of the molecule is OCCCCCN1CCN(CCOF)CC1. The highest BCUT2D eigenvalue weighted by Crippen LogP contribution is 2.04. The molecule has 0 unspecified atom stereocenters. The van der Waals surface area contributed by atoms with Gasteiger partial charge in [-0.15, -0.1) is 0 Å². The highest BCUT2D eigenvalue weighted by atomic mass is 19.3. The van der Waals surface area contributed by atoms with E-state index in [0.717, 1.165) is 52.0 Å². The molecule has 0 amide bonds. The molecule has 0 radical (unpaired) electrons. The summed E-state index contributed by atoms with van der Waals surface area (Å²) in [6.07, 6.45) is 3.17. The van der Waals surface area contributed by atoms with Crippen molar-refractivity contribution in [3.8, 4) is 0 Å². The maximum atomic E-state index is 11.5. The molecule has 5 heteroatoms. The Morgan fingerprint density at radius 3 is 2.12 bits per heavy atom. The van der Waals surface area contributed by atoms with E-state index in [1.807, 2.05) is 0 Å². The van der Waals surface area contributed by atoms with Crippen molar-refractivity contribution in [2.45, 2.75) is 19.3 Å². The number of aliphatic hydroxyl groups excluding tert-OH is 1. The Bertz CT molecular complexity index is 164. The van der Waals surface area contributed by atoms with Crippen LogP contribution in [0.3, 0.4) is 0 Å². The first kappa shape index (κ1) is 13.8. The second kappa shape index (κ2) is 8.87. The number of piperazine rings is 1. The van der Waals surface area contributed by atoms with Crippen LogP contribution < -0.4 is 0 Å². The number of unbranched alkanes of at least 4 members (excludes halogenated alkanes) is 2. The fourth-order valence-electron chi connectivity index (χ4n) is 2.02. The van der Waals surface area contributed by atoms with E-state index in [0.29, 0.717) is 13.2 Å². The lowest BCUT2D eigenvalue weighted by molar-refractivity contribution is -0.137. The molecule has 1 heterocycles. The van der Waals surface area contributed by atoms with Gasteiger partial charge in [0.05, 0.1) is 0 Å². The smallest absolute Gasteiger partial charge is 0.100 e. The molecule has 96 valence electrons. The van der Waals surface area contributed by atoms with E-state index < -0.39 is 0 Å². The van der Waals surface area contributed by atoms with E-state index >= 15 is 0 Å². The van der Waals surface area contributed by atoms with Crippen molar-refractivity contribution in [2.75, 3.05) is 52.5 Å². The molecule has 16 heavy (non-hydrogen) atoms. The zero-order valence-electron chi connectivity index (χ0n) is 9.91. The molecule has 0 saturated carbocycles. The summed E-state index contributed by atoms with van der Waals surface area (Å²) < 4.78 is 11.5. The first-order valence-corrected chi connectivity index (χ1v) is 6.16. The number of aliphatic hydroxyl groups is 1. The van der Waals surface area contributed by atoms with Crippen molar-refractivity contribution in [3.63, 3.8) is 0 Å². The van der Waals surface area contributed by atoms with Crippen LogP contribution in [0.1, 0.15) is 19.3 Å². The van der Waals surface area contributed by atoms with E-state index in [1.165, 1.54) is 0 Å². The molecule has 1 saturated heterocycles. The normalized spacial score (nSPS) is 19.1. The largest absolute Gasteiger partial charge is 0.396 e. The lowest BCUT2D eigenvalue weighted by Crippen LogP contribution is -2.47. The van der Waals surface area contributed by atoms with Crippen molar-refractivity contribution in [2.24, 2.45) is 0 Å². The average Bonchev–Trinajstić information content (AvgIpc) is 2.33. The molecule has 0 atom stereocenters. The molecule has 0 aromatic carbocycles. The van der Waals surface area contributed by atoms with Gasteiger partial charge >= 0.3 is 0 Å². The fourth-order valence-corrected chi connectivity index (χ4v) is 2.02. The summed E-state index contributed by atoms with van der Waals surface area (Å²) in [5.74, 6) is 0. The fraction of sp³-hybridized carbons (Fsp3) is 1.00. The molecular formula is C11H23FN2O2. The summed E-state index contributed by atoms with van der Waals surface area (Å²) in [4.78, 5) is 8.24. The predicted octanol–water partition coefficient (Wildman–Crippen LogP) is 0.668. The molecule has 0 aliphatic carbocycles. The van der Waals surface area contributed by atoms with Crippen LogP contribution >= 0.6 is 0 Å². The summed E-state index contributed by atoms with van der Waals surface area (Å²) >= 11 is 0. The lowest BCUT2D eigenvalue weighted by Gasteiger charge is -2.34. The zero-order chi connectivity index (χ0) is 11.6. The summed E-state index contributed by atoms with van der Waals surface area (Å²) in [5.41, 5.74) is 0. The molecule has 1 aliphatic heterocycles. The monoisotopic (exact) mass is 234 g/mol. The highest BCUT2D eigenvalue weighted by molar-refractivity contribution is 4.71. The minimum atomic E-state index is 0.177. The van der Waals surface area contributed by atoms with Crippen molar-refractivity contribution in [3.05, 3.63) is 0 Å². The molecule has 1 fully saturated rings.